The fraction of sp³-hybridized carbons (Fsp3) is 0.333. The molecule has 4 N–H and O–H groups in total. The average Bonchev–Trinajstić information content (AvgIpc) is 2.73. The minimum atomic E-state index is -1.71. The molecule has 0 spiro atoms. The number of aryl methyl sites for hydroxylation is 1. The van der Waals surface area contributed by atoms with E-state index in [0.29, 0.717) is 18.4 Å². The Morgan fingerprint density at radius 2 is 1.62 bits per heavy atom. The molecular weight excluding hydrogens is 371 g/mol. The maximum Gasteiger partial charge on any atom is 0.475 e. The first-order valence-corrected chi connectivity index (χ1v) is 9.56. The maximum atomic E-state index is 12.6. The summed E-state index contributed by atoms with van der Waals surface area (Å²) in [7, 11) is -0.282. The van der Waals surface area contributed by atoms with Gasteiger partial charge in [0.15, 0.2) is 0 Å². The summed E-state index contributed by atoms with van der Waals surface area (Å²) in [6.45, 7) is -0.0390. The van der Waals surface area contributed by atoms with Crippen LogP contribution in [0.15, 0.2) is 60.7 Å². The topological polar surface area (TPSA) is 108 Å². The van der Waals surface area contributed by atoms with Gasteiger partial charge in [0, 0.05) is 12.7 Å². The van der Waals surface area contributed by atoms with Crippen LogP contribution in [0.2, 0.25) is 0 Å². The number of carbonyl (C=O) groups excluding carboxylic acids is 2. The number of methoxy groups -OCH3 is 1. The summed E-state index contributed by atoms with van der Waals surface area (Å²) in [6.07, 6.45) is 1.80. The van der Waals surface area contributed by atoms with Crippen LogP contribution < -0.4 is 10.6 Å². The van der Waals surface area contributed by atoms with Crippen LogP contribution >= 0.6 is 0 Å². The van der Waals surface area contributed by atoms with Crippen LogP contribution in [0.1, 0.15) is 28.8 Å². The van der Waals surface area contributed by atoms with Gasteiger partial charge in [-0.05, 0) is 37.0 Å². The molecule has 0 saturated carbocycles. The predicted molar refractivity (Wildman–Crippen MR) is 111 cm³/mol. The van der Waals surface area contributed by atoms with Crippen molar-refractivity contribution >= 4 is 18.9 Å². The highest BCUT2D eigenvalue weighted by Crippen LogP contribution is 2.08. The highest BCUT2D eigenvalue weighted by atomic mass is 16.5. The van der Waals surface area contributed by atoms with E-state index in [2.05, 4.69) is 10.6 Å². The van der Waals surface area contributed by atoms with Gasteiger partial charge in [-0.15, -0.1) is 0 Å². The lowest BCUT2D eigenvalue weighted by Crippen LogP contribution is -2.55. The van der Waals surface area contributed by atoms with Crippen molar-refractivity contribution in [1.29, 1.82) is 0 Å². The van der Waals surface area contributed by atoms with Crippen molar-refractivity contribution in [3.8, 4) is 0 Å². The highest BCUT2D eigenvalue weighted by Gasteiger charge is 2.29. The quantitative estimate of drug-likeness (QED) is 0.422. The standard InChI is InChI=1S/C21H27BN2O5/c1-29-15-18(23-20(25)17-12-6-3-7-13-17)21(26)24-19(22(27)28)14-8-11-16-9-4-2-5-10-16/h2-7,9-10,12-13,18-19,27-28H,8,11,14-15H2,1H3,(H,23,25)(H,24,26)/t18?,19-/m0/s1. The zero-order valence-electron chi connectivity index (χ0n) is 16.5. The van der Waals surface area contributed by atoms with Gasteiger partial charge in [-0.1, -0.05) is 48.5 Å². The monoisotopic (exact) mass is 398 g/mol. The van der Waals surface area contributed by atoms with Crippen molar-refractivity contribution in [2.45, 2.75) is 31.2 Å². The van der Waals surface area contributed by atoms with Gasteiger partial charge in [-0.2, -0.15) is 0 Å². The molecule has 7 nitrogen and oxygen atoms in total. The number of amides is 2. The molecule has 1 unspecified atom stereocenters. The number of benzene rings is 2. The minimum Gasteiger partial charge on any atom is -0.426 e. The zero-order chi connectivity index (χ0) is 21.1. The zero-order valence-corrected chi connectivity index (χ0v) is 16.5. The third kappa shape index (κ3) is 7.69. The summed E-state index contributed by atoms with van der Waals surface area (Å²) < 4.78 is 5.04. The molecule has 2 amide bonds. The number of carbonyl (C=O) groups is 2. The van der Waals surface area contributed by atoms with Crippen LogP contribution in [0.5, 0.6) is 0 Å². The lowest BCUT2D eigenvalue weighted by Gasteiger charge is -2.23. The Kier molecular flexibility index (Phi) is 9.36. The molecule has 0 aromatic heterocycles. The molecule has 2 atom stereocenters. The van der Waals surface area contributed by atoms with Crippen molar-refractivity contribution in [2.24, 2.45) is 0 Å². The fourth-order valence-corrected chi connectivity index (χ4v) is 2.93. The van der Waals surface area contributed by atoms with E-state index in [1.807, 2.05) is 30.3 Å². The van der Waals surface area contributed by atoms with Crippen molar-refractivity contribution < 1.29 is 24.4 Å². The van der Waals surface area contributed by atoms with Gasteiger partial charge in [0.05, 0.1) is 12.5 Å². The van der Waals surface area contributed by atoms with Gasteiger partial charge in [-0.3, -0.25) is 9.59 Å². The second kappa shape index (κ2) is 12.0. The van der Waals surface area contributed by atoms with Crippen LogP contribution in [-0.4, -0.2) is 54.7 Å². The van der Waals surface area contributed by atoms with E-state index in [4.69, 9.17) is 4.74 Å². The molecule has 0 bridgehead atoms. The number of hydrogen-bond donors (Lipinski definition) is 4. The summed E-state index contributed by atoms with van der Waals surface area (Å²) in [4.78, 5) is 25.0. The first-order valence-electron chi connectivity index (χ1n) is 9.56. The maximum absolute atomic E-state index is 12.6. The van der Waals surface area contributed by atoms with E-state index >= 15 is 0 Å². The lowest BCUT2D eigenvalue weighted by molar-refractivity contribution is -0.124. The van der Waals surface area contributed by atoms with Crippen molar-refractivity contribution in [1.82, 2.24) is 10.6 Å². The Morgan fingerprint density at radius 1 is 1.00 bits per heavy atom. The number of rotatable bonds is 11. The molecule has 0 aliphatic carbocycles. The molecule has 0 radical (unpaired) electrons. The predicted octanol–water partition coefficient (Wildman–Crippen LogP) is 0.951. The van der Waals surface area contributed by atoms with Gasteiger partial charge in [-0.25, -0.2) is 0 Å². The van der Waals surface area contributed by atoms with Crippen LogP contribution in [0.25, 0.3) is 0 Å². The Bertz CT molecular complexity index is 758. The highest BCUT2D eigenvalue weighted by molar-refractivity contribution is 6.43. The first kappa shape index (κ1) is 22.6. The molecular formula is C21H27BN2O5. The van der Waals surface area contributed by atoms with Gasteiger partial charge in [0.2, 0.25) is 5.91 Å². The van der Waals surface area contributed by atoms with Gasteiger partial charge in [0.25, 0.3) is 5.91 Å². The smallest absolute Gasteiger partial charge is 0.426 e. The lowest BCUT2D eigenvalue weighted by atomic mass is 9.76. The molecule has 154 valence electrons. The molecule has 0 aliphatic rings. The Balaban J connectivity index is 1.92. The average molecular weight is 398 g/mol. The Hall–Kier alpha value is -2.68. The van der Waals surface area contributed by atoms with E-state index in [0.717, 1.165) is 12.0 Å². The SMILES string of the molecule is COCC(NC(=O)c1ccccc1)C(=O)N[C@@H](CCCc1ccccc1)B(O)O. The third-order valence-corrected chi connectivity index (χ3v) is 4.50. The number of ether oxygens (including phenoxy) is 1. The van der Waals surface area contributed by atoms with Crippen LogP contribution in [0, 0.1) is 0 Å². The molecule has 2 aromatic carbocycles. The summed E-state index contributed by atoms with van der Waals surface area (Å²) in [5.74, 6) is -1.79. The van der Waals surface area contributed by atoms with Gasteiger partial charge in [0.1, 0.15) is 6.04 Å². The van der Waals surface area contributed by atoms with E-state index < -0.39 is 30.9 Å². The molecule has 29 heavy (non-hydrogen) atoms. The van der Waals surface area contributed by atoms with E-state index in [1.165, 1.54) is 7.11 Å². The second-order valence-corrected chi connectivity index (χ2v) is 6.75. The van der Waals surface area contributed by atoms with Crippen LogP contribution in [0.4, 0.5) is 0 Å². The summed E-state index contributed by atoms with van der Waals surface area (Å²) in [5.41, 5.74) is 1.56. The first-order chi connectivity index (χ1) is 14.0. The van der Waals surface area contributed by atoms with Crippen molar-refractivity contribution in [3.63, 3.8) is 0 Å². The number of nitrogens with one attached hydrogen (secondary N) is 2. The third-order valence-electron chi connectivity index (χ3n) is 4.50. The molecule has 2 aromatic rings. The van der Waals surface area contributed by atoms with Gasteiger partial charge < -0.3 is 25.4 Å². The second-order valence-electron chi connectivity index (χ2n) is 6.75. The summed E-state index contributed by atoms with van der Waals surface area (Å²) >= 11 is 0. The molecule has 0 saturated heterocycles. The summed E-state index contributed by atoms with van der Waals surface area (Å²) in [6, 6.07) is 17.4. The fourth-order valence-electron chi connectivity index (χ4n) is 2.93. The van der Waals surface area contributed by atoms with Crippen molar-refractivity contribution in [3.05, 3.63) is 71.8 Å². The Morgan fingerprint density at radius 3 is 2.21 bits per heavy atom. The normalized spacial score (nSPS) is 12.7. The molecule has 8 heteroatoms. The van der Waals surface area contributed by atoms with E-state index in [1.54, 1.807) is 30.3 Å². The van der Waals surface area contributed by atoms with Crippen LogP contribution in [-0.2, 0) is 16.0 Å². The number of hydrogen-bond acceptors (Lipinski definition) is 5. The van der Waals surface area contributed by atoms with E-state index in [9.17, 15) is 19.6 Å². The van der Waals surface area contributed by atoms with E-state index in [-0.39, 0.29) is 6.61 Å². The Labute approximate surface area is 171 Å². The largest absolute Gasteiger partial charge is 0.475 e. The van der Waals surface area contributed by atoms with Gasteiger partial charge >= 0.3 is 7.12 Å². The minimum absolute atomic E-state index is 0.0390. The molecule has 2 rings (SSSR count). The summed E-state index contributed by atoms with van der Waals surface area (Å²) in [5, 5.41) is 24.5. The molecule has 0 fully saturated rings. The van der Waals surface area contributed by atoms with Crippen molar-refractivity contribution in [2.75, 3.05) is 13.7 Å². The molecule has 0 heterocycles. The molecule has 0 aliphatic heterocycles. The van der Waals surface area contributed by atoms with Crippen LogP contribution in [0.3, 0.4) is 0 Å².